The number of alkyl carbamates (subject to hydrolysis) is 1. The Morgan fingerprint density at radius 1 is 1.06 bits per heavy atom. The summed E-state index contributed by atoms with van der Waals surface area (Å²) in [6, 6.07) is 15.2. The number of carbonyl (C=O) groups is 4. The van der Waals surface area contributed by atoms with Gasteiger partial charge in [0.2, 0.25) is 11.8 Å². The molecule has 1 fully saturated rings. The Balaban J connectivity index is 1.35. The lowest BCUT2D eigenvalue weighted by atomic mass is 9.98. The molecule has 2 aromatic carbocycles. The number of nitrogens with zero attached hydrogens (tertiary/aromatic N) is 2. The van der Waals surface area contributed by atoms with Gasteiger partial charge in [-0.1, -0.05) is 55.5 Å². The van der Waals surface area contributed by atoms with E-state index >= 15 is 0 Å². The molecule has 34 heavy (non-hydrogen) atoms. The van der Waals surface area contributed by atoms with Crippen molar-refractivity contribution >= 4 is 23.9 Å². The van der Waals surface area contributed by atoms with Crippen LogP contribution in [0, 0.1) is 0 Å². The van der Waals surface area contributed by atoms with E-state index in [0.29, 0.717) is 6.42 Å². The van der Waals surface area contributed by atoms with Crippen LogP contribution in [0.3, 0.4) is 0 Å². The predicted octanol–water partition coefficient (Wildman–Crippen LogP) is 2.06. The van der Waals surface area contributed by atoms with Crippen LogP contribution in [0.15, 0.2) is 48.5 Å². The molecule has 0 bridgehead atoms. The van der Waals surface area contributed by atoms with Gasteiger partial charge < -0.3 is 25.0 Å². The fourth-order valence-corrected chi connectivity index (χ4v) is 4.57. The van der Waals surface area contributed by atoms with Crippen molar-refractivity contribution < 1.29 is 29.0 Å². The third-order valence-corrected chi connectivity index (χ3v) is 6.30. The molecule has 0 spiro atoms. The Kier molecular flexibility index (Phi) is 6.81. The van der Waals surface area contributed by atoms with Crippen molar-refractivity contribution in [2.75, 3.05) is 32.8 Å². The van der Waals surface area contributed by atoms with Gasteiger partial charge in [-0.3, -0.25) is 14.4 Å². The summed E-state index contributed by atoms with van der Waals surface area (Å²) < 4.78 is 5.53. The fraction of sp³-hybridized carbons (Fsp3) is 0.360. The number of amides is 3. The van der Waals surface area contributed by atoms with Crippen LogP contribution in [-0.2, 0) is 19.1 Å². The maximum absolute atomic E-state index is 12.9. The molecule has 0 aromatic heterocycles. The van der Waals surface area contributed by atoms with Crippen molar-refractivity contribution in [1.29, 1.82) is 0 Å². The van der Waals surface area contributed by atoms with Gasteiger partial charge in [-0.15, -0.1) is 0 Å². The van der Waals surface area contributed by atoms with E-state index in [2.05, 4.69) is 17.4 Å². The monoisotopic (exact) mass is 465 g/mol. The first-order valence-corrected chi connectivity index (χ1v) is 11.3. The standard InChI is InChI=1S/C25H27N3O6/c1-2-21(24(32)28-12-11-27(14-23(30)31)22(29)13-28)26-25(33)34-15-20-18-9-5-3-7-16(18)17-8-4-6-10-19(17)20/h3-10,20-21H,2,11-15H2,1H3,(H,26,33)(H,30,31)/t21-/m0/s1. The zero-order chi connectivity index (χ0) is 24.2. The number of ether oxygens (including phenoxy) is 1. The highest BCUT2D eigenvalue weighted by atomic mass is 16.5. The zero-order valence-electron chi connectivity index (χ0n) is 18.9. The van der Waals surface area contributed by atoms with E-state index < -0.39 is 30.6 Å². The predicted molar refractivity (Wildman–Crippen MR) is 123 cm³/mol. The summed E-state index contributed by atoms with van der Waals surface area (Å²) in [5.41, 5.74) is 4.44. The van der Waals surface area contributed by atoms with Gasteiger partial charge in [-0.2, -0.15) is 0 Å². The first-order chi connectivity index (χ1) is 16.4. The molecule has 3 amide bonds. The molecule has 1 heterocycles. The highest BCUT2D eigenvalue weighted by molar-refractivity contribution is 5.91. The van der Waals surface area contributed by atoms with Crippen molar-refractivity contribution in [2.24, 2.45) is 0 Å². The van der Waals surface area contributed by atoms with Crippen molar-refractivity contribution in [2.45, 2.75) is 25.3 Å². The lowest BCUT2D eigenvalue weighted by Crippen LogP contribution is -2.57. The van der Waals surface area contributed by atoms with Crippen LogP contribution in [0.2, 0.25) is 0 Å². The molecule has 1 atom stereocenters. The van der Waals surface area contributed by atoms with Gasteiger partial charge in [0.15, 0.2) is 0 Å². The zero-order valence-corrected chi connectivity index (χ0v) is 18.9. The number of piperazine rings is 1. The van der Waals surface area contributed by atoms with E-state index in [-0.39, 0.29) is 38.1 Å². The maximum atomic E-state index is 12.9. The van der Waals surface area contributed by atoms with E-state index in [9.17, 15) is 19.2 Å². The maximum Gasteiger partial charge on any atom is 0.407 e. The first-order valence-electron chi connectivity index (χ1n) is 11.3. The molecule has 2 N–H and O–H groups in total. The normalized spacial score (nSPS) is 16.0. The lowest BCUT2D eigenvalue weighted by molar-refractivity contribution is -0.151. The van der Waals surface area contributed by atoms with Crippen LogP contribution in [-0.4, -0.2) is 77.6 Å². The molecular weight excluding hydrogens is 438 g/mol. The summed E-state index contributed by atoms with van der Waals surface area (Å²) in [5.74, 6) is -2.01. The van der Waals surface area contributed by atoms with Crippen molar-refractivity contribution in [3.63, 3.8) is 0 Å². The second kappa shape index (κ2) is 9.94. The lowest BCUT2D eigenvalue weighted by Gasteiger charge is -2.35. The second-order valence-corrected chi connectivity index (χ2v) is 8.40. The number of rotatable bonds is 7. The van der Waals surface area contributed by atoms with Gasteiger partial charge in [0.1, 0.15) is 19.2 Å². The largest absolute Gasteiger partial charge is 0.480 e. The molecule has 9 heteroatoms. The number of carboxylic acids is 1. The molecular formula is C25H27N3O6. The molecule has 178 valence electrons. The number of nitrogens with one attached hydrogen (secondary N) is 1. The van der Waals surface area contributed by atoms with Crippen LogP contribution in [0.5, 0.6) is 0 Å². The first kappa shape index (κ1) is 23.3. The van der Waals surface area contributed by atoms with Gasteiger partial charge in [0, 0.05) is 19.0 Å². The number of hydrogen-bond donors (Lipinski definition) is 2. The molecule has 0 unspecified atom stereocenters. The van der Waals surface area contributed by atoms with Crippen molar-refractivity contribution in [3.05, 3.63) is 59.7 Å². The second-order valence-electron chi connectivity index (χ2n) is 8.40. The summed E-state index contributed by atoms with van der Waals surface area (Å²) >= 11 is 0. The summed E-state index contributed by atoms with van der Waals surface area (Å²) in [6.45, 7) is 1.63. The number of carboxylic acid groups (broad SMARTS) is 1. The van der Waals surface area contributed by atoms with E-state index in [1.54, 1.807) is 6.92 Å². The van der Waals surface area contributed by atoms with E-state index in [4.69, 9.17) is 9.84 Å². The van der Waals surface area contributed by atoms with E-state index in [1.165, 1.54) is 9.80 Å². The van der Waals surface area contributed by atoms with Gasteiger partial charge in [-0.05, 0) is 28.7 Å². The average Bonchev–Trinajstić information content (AvgIpc) is 3.15. The Labute approximate surface area is 197 Å². The third kappa shape index (κ3) is 4.73. The van der Waals surface area contributed by atoms with Gasteiger partial charge in [-0.25, -0.2) is 4.79 Å². The highest BCUT2D eigenvalue weighted by Crippen LogP contribution is 2.44. The van der Waals surface area contributed by atoms with Gasteiger partial charge in [0.05, 0.1) is 6.54 Å². The molecule has 1 aliphatic heterocycles. The SMILES string of the molecule is CC[C@H](NC(=O)OCC1c2ccccc2-c2ccccc21)C(=O)N1CCN(CC(=O)O)C(=O)C1. The van der Waals surface area contributed by atoms with Gasteiger partial charge >= 0.3 is 12.1 Å². The number of fused-ring (bicyclic) bond motifs is 3. The molecule has 9 nitrogen and oxygen atoms in total. The minimum absolute atomic E-state index is 0.0890. The van der Waals surface area contributed by atoms with Crippen LogP contribution in [0.1, 0.15) is 30.4 Å². The number of hydrogen-bond acceptors (Lipinski definition) is 5. The molecule has 4 rings (SSSR count). The minimum atomic E-state index is -1.10. The number of aliphatic carboxylic acids is 1. The quantitative estimate of drug-likeness (QED) is 0.647. The molecule has 1 saturated heterocycles. The topological polar surface area (TPSA) is 116 Å². The van der Waals surface area contributed by atoms with Crippen LogP contribution >= 0.6 is 0 Å². The van der Waals surface area contributed by atoms with Gasteiger partial charge in [0.25, 0.3) is 0 Å². The average molecular weight is 466 g/mol. The Hall–Kier alpha value is -3.88. The smallest absolute Gasteiger partial charge is 0.407 e. The summed E-state index contributed by atoms with van der Waals surface area (Å²) in [4.78, 5) is 51.1. The van der Waals surface area contributed by atoms with Crippen LogP contribution in [0.25, 0.3) is 11.1 Å². The Morgan fingerprint density at radius 3 is 2.24 bits per heavy atom. The van der Waals surface area contributed by atoms with E-state index in [0.717, 1.165) is 22.3 Å². The molecule has 2 aliphatic rings. The van der Waals surface area contributed by atoms with Crippen molar-refractivity contribution in [3.8, 4) is 11.1 Å². The molecule has 0 saturated carbocycles. The molecule has 1 aliphatic carbocycles. The van der Waals surface area contributed by atoms with E-state index in [1.807, 2.05) is 36.4 Å². The summed E-state index contributed by atoms with van der Waals surface area (Å²) in [5, 5.41) is 11.5. The molecule has 0 radical (unpaired) electrons. The molecule has 2 aromatic rings. The Morgan fingerprint density at radius 2 is 1.68 bits per heavy atom. The number of carbonyl (C=O) groups excluding carboxylic acids is 3. The highest BCUT2D eigenvalue weighted by Gasteiger charge is 2.33. The number of benzene rings is 2. The van der Waals surface area contributed by atoms with Crippen LogP contribution in [0.4, 0.5) is 4.79 Å². The van der Waals surface area contributed by atoms with Crippen LogP contribution < -0.4 is 5.32 Å². The Bertz CT molecular complexity index is 1070. The minimum Gasteiger partial charge on any atom is -0.480 e. The third-order valence-electron chi connectivity index (χ3n) is 6.30. The van der Waals surface area contributed by atoms with Crippen molar-refractivity contribution in [1.82, 2.24) is 15.1 Å². The fourth-order valence-electron chi connectivity index (χ4n) is 4.57. The summed E-state index contributed by atoms with van der Waals surface area (Å²) in [7, 11) is 0. The summed E-state index contributed by atoms with van der Waals surface area (Å²) in [6.07, 6.45) is -0.370.